The first-order valence-corrected chi connectivity index (χ1v) is 7.56. The fourth-order valence-corrected chi connectivity index (χ4v) is 3.92. The number of nitrogens with one attached hydrogen (secondary N) is 1. The predicted octanol–water partition coefficient (Wildman–Crippen LogP) is 0.615. The van der Waals surface area contributed by atoms with Crippen LogP contribution >= 0.6 is 0 Å². The Morgan fingerprint density at radius 3 is 2.78 bits per heavy atom. The van der Waals surface area contributed by atoms with E-state index in [4.69, 9.17) is 0 Å². The number of hydrogen-bond acceptors (Lipinski definition) is 4. The number of fused-ring (bicyclic) bond motifs is 1. The second-order valence-electron chi connectivity index (χ2n) is 4.53. The minimum absolute atomic E-state index is 0.0476. The van der Waals surface area contributed by atoms with Crippen LogP contribution in [0, 0.1) is 0 Å². The SMILES string of the molecule is O=C1Nc2ccccc2C1=N[C@@H]1CCS(=O)(=O)C1. The van der Waals surface area contributed by atoms with Crippen LogP contribution in [0.1, 0.15) is 12.0 Å². The summed E-state index contributed by atoms with van der Waals surface area (Å²) in [7, 11) is -2.97. The van der Waals surface area contributed by atoms with Gasteiger partial charge in [-0.2, -0.15) is 0 Å². The lowest BCUT2D eigenvalue weighted by molar-refractivity contribution is -0.110. The van der Waals surface area contributed by atoms with Gasteiger partial charge in [-0.3, -0.25) is 9.79 Å². The third kappa shape index (κ3) is 1.92. The number of anilines is 1. The van der Waals surface area contributed by atoms with E-state index in [1.807, 2.05) is 18.2 Å². The van der Waals surface area contributed by atoms with Gasteiger partial charge in [0.2, 0.25) is 0 Å². The van der Waals surface area contributed by atoms with Crippen LogP contribution in [0.2, 0.25) is 0 Å². The summed E-state index contributed by atoms with van der Waals surface area (Å²) < 4.78 is 22.7. The molecular formula is C12H12N2O3S. The fraction of sp³-hybridized carbons (Fsp3) is 0.333. The van der Waals surface area contributed by atoms with Gasteiger partial charge >= 0.3 is 0 Å². The summed E-state index contributed by atoms with van der Waals surface area (Å²) in [6.07, 6.45) is 0.501. The molecule has 0 aromatic heterocycles. The Hall–Kier alpha value is -1.69. The van der Waals surface area contributed by atoms with E-state index in [-0.39, 0.29) is 23.5 Å². The van der Waals surface area contributed by atoms with Crippen LogP contribution in [0.5, 0.6) is 0 Å². The standard InChI is InChI=1S/C12H12N2O3S/c15-12-11(9-3-1-2-4-10(9)14-12)13-8-5-6-18(16,17)7-8/h1-4,8H,5-7H2,(H,13,14,15)/t8-/m1/s1. The molecule has 1 saturated heterocycles. The Balaban J connectivity index is 1.96. The number of para-hydroxylation sites is 1. The molecule has 3 rings (SSSR count). The quantitative estimate of drug-likeness (QED) is 0.807. The summed E-state index contributed by atoms with van der Waals surface area (Å²) in [5, 5.41) is 2.72. The second-order valence-corrected chi connectivity index (χ2v) is 6.76. The molecule has 2 aliphatic rings. The van der Waals surface area contributed by atoms with Crippen LogP contribution < -0.4 is 5.32 Å². The first-order chi connectivity index (χ1) is 8.55. The first kappa shape index (κ1) is 11.4. The molecule has 2 aliphatic heterocycles. The molecule has 1 aromatic carbocycles. The molecule has 0 spiro atoms. The summed E-state index contributed by atoms with van der Waals surface area (Å²) in [4.78, 5) is 16.1. The van der Waals surface area contributed by atoms with Crippen LogP contribution in [0.3, 0.4) is 0 Å². The van der Waals surface area contributed by atoms with Crippen molar-refractivity contribution in [2.24, 2.45) is 4.99 Å². The third-order valence-electron chi connectivity index (χ3n) is 3.17. The number of carbonyl (C=O) groups is 1. The first-order valence-electron chi connectivity index (χ1n) is 5.74. The zero-order chi connectivity index (χ0) is 12.8. The average Bonchev–Trinajstić information content (AvgIpc) is 2.81. The highest BCUT2D eigenvalue weighted by Gasteiger charge is 2.31. The third-order valence-corrected chi connectivity index (χ3v) is 4.92. The molecule has 1 amide bonds. The number of carbonyl (C=O) groups excluding carboxylic acids is 1. The molecule has 1 aromatic rings. The molecule has 18 heavy (non-hydrogen) atoms. The number of hydrogen-bond donors (Lipinski definition) is 1. The zero-order valence-corrected chi connectivity index (χ0v) is 10.4. The zero-order valence-electron chi connectivity index (χ0n) is 9.59. The maximum Gasteiger partial charge on any atom is 0.274 e. The lowest BCUT2D eigenvalue weighted by Crippen LogP contribution is -2.18. The summed E-state index contributed by atoms with van der Waals surface area (Å²) in [5.41, 5.74) is 1.85. The van der Waals surface area contributed by atoms with Crippen LogP contribution in [0.15, 0.2) is 29.3 Å². The highest BCUT2D eigenvalue weighted by atomic mass is 32.2. The molecule has 2 heterocycles. The van der Waals surface area contributed by atoms with E-state index in [1.54, 1.807) is 6.07 Å². The maximum absolute atomic E-state index is 11.8. The molecule has 6 heteroatoms. The van der Waals surface area contributed by atoms with Crippen molar-refractivity contribution in [3.05, 3.63) is 29.8 Å². The minimum atomic E-state index is -2.97. The number of amides is 1. The normalized spacial score (nSPS) is 27.2. The molecule has 1 N–H and O–H groups in total. The van der Waals surface area contributed by atoms with Gasteiger partial charge in [0, 0.05) is 5.56 Å². The van der Waals surface area contributed by atoms with Crippen molar-refractivity contribution in [1.29, 1.82) is 0 Å². The van der Waals surface area contributed by atoms with Gasteiger partial charge in [-0.15, -0.1) is 0 Å². The van der Waals surface area contributed by atoms with E-state index < -0.39 is 9.84 Å². The largest absolute Gasteiger partial charge is 0.320 e. The van der Waals surface area contributed by atoms with Crippen LogP contribution in [0.4, 0.5) is 5.69 Å². The number of nitrogens with zero attached hydrogens (tertiary/aromatic N) is 1. The van der Waals surface area contributed by atoms with E-state index in [0.717, 1.165) is 11.3 Å². The van der Waals surface area contributed by atoms with Crippen LogP contribution in [0.25, 0.3) is 0 Å². The molecular weight excluding hydrogens is 252 g/mol. The lowest BCUT2D eigenvalue weighted by atomic mass is 10.1. The van der Waals surface area contributed by atoms with Gasteiger partial charge < -0.3 is 5.32 Å². The van der Waals surface area contributed by atoms with Crippen molar-refractivity contribution < 1.29 is 13.2 Å². The van der Waals surface area contributed by atoms with Gasteiger partial charge in [-0.25, -0.2) is 8.42 Å². The molecule has 0 aliphatic carbocycles. The Morgan fingerprint density at radius 2 is 2.06 bits per heavy atom. The summed E-state index contributed by atoms with van der Waals surface area (Å²) in [5.74, 6) is -0.0376. The van der Waals surface area contributed by atoms with E-state index in [9.17, 15) is 13.2 Å². The molecule has 0 radical (unpaired) electrons. The van der Waals surface area contributed by atoms with Crippen molar-refractivity contribution in [2.75, 3.05) is 16.8 Å². The van der Waals surface area contributed by atoms with Crippen molar-refractivity contribution in [2.45, 2.75) is 12.5 Å². The van der Waals surface area contributed by atoms with Gasteiger partial charge in [0.25, 0.3) is 5.91 Å². The molecule has 0 unspecified atom stereocenters. The van der Waals surface area contributed by atoms with Gasteiger partial charge in [0.05, 0.1) is 23.2 Å². The van der Waals surface area contributed by atoms with Crippen LogP contribution in [-0.4, -0.2) is 37.6 Å². The van der Waals surface area contributed by atoms with Crippen LogP contribution in [-0.2, 0) is 14.6 Å². The summed E-state index contributed by atoms with van der Waals surface area (Å²) in [6, 6.07) is 7.00. The molecule has 0 saturated carbocycles. The number of rotatable bonds is 1. The maximum atomic E-state index is 11.8. The van der Waals surface area contributed by atoms with E-state index in [2.05, 4.69) is 10.3 Å². The van der Waals surface area contributed by atoms with Crippen molar-refractivity contribution >= 4 is 27.1 Å². The van der Waals surface area contributed by atoms with Gasteiger partial charge in [-0.1, -0.05) is 18.2 Å². The highest BCUT2D eigenvalue weighted by Crippen LogP contribution is 2.24. The van der Waals surface area contributed by atoms with Crippen molar-refractivity contribution in [3.8, 4) is 0 Å². The van der Waals surface area contributed by atoms with Crippen molar-refractivity contribution in [3.63, 3.8) is 0 Å². The molecule has 1 fully saturated rings. The Labute approximate surface area is 105 Å². The summed E-state index contributed by atoms with van der Waals surface area (Å²) in [6.45, 7) is 0. The average molecular weight is 264 g/mol. The highest BCUT2D eigenvalue weighted by molar-refractivity contribution is 7.91. The number of aliphatic imine (C=N–C) groups is 1. The number of sulfone groups is 1. The fourth-order valence-electron chi connectivity index (χ4n) is 2.29. The molecule has 0 bridgehead atoms. The molecule has 1 atom stereocenters. The Morgan fingerprint density at radius 1 is 1.28 bits per heavy atom. The van der Waals surface area contributed by atoms with Gasteiger partial charge in [-0.05, 0) is 12.5 Å². The monoisotopic (exact) mass is 264 g/mol. The lowest BCUT2D eigenvalue weighted by Gasteiger charge is -2.02. The van der Waals surface area contributed by atoms with E-state index >= 15 is 0 Å². The smallest absolute Gasteiger partial charge is 0.274 e. The Bertz CT molecular complexity index is 649. The second kappa shape index (κ2) is 3.91. The topological polar surface area (TPSA) is 75.6 Å². The number of benzene rings is 1. The van der Waals surface area contributed by atoms with E-state index in [0.29, 0.717) is 12.1 Å². The van der Waals surface area contributed by atoms with Gasteiger partial charge in [0.15, 0.2) is 9.84 Å². The Kier molecular flexibility index (Phi) is 2.48. The molecule has 94 valence electrons. The predicted molar refractivity (Wildman–Crippen MR) is 68.7 cm³/mol. The van der Waals surface area contributed by atoms with Gasteiger partial charge in [0.1, 0.15) is 5.71 Å². The minimum Gasteiger partial charge on any atom is -0.320 e. The summed E-state index contributed by atoms with van der Waals surface area (Å²) >= 11 is 0. The molecule has 5 nitrogen and oxygen atoms in total. The van der Waals surface area contributed by atoms with E-state index in [1.165, 1.54) is 0 Å². The van der Waals surface area contributed by atoms with Crippen molar-refractivity contribution in [1.82, 2.24) is 0 Å².